The molecule has 1 saturated carbocycles. The summed E-state index contributed by atoms with van der Waals surface area (Å²) in [5, 5.41) is 4.84. The first-order chi connectivity index (χ1) is 5.86. The zero-order chi connectivity index (χ0) is 8.39. The minimum Gasteiger partial charge on any atom is -0.152 e. The summed E-state index contributed by atoms with van der Waals surface area (Å²) < 4.78 is 0. The van der Waals surface area contributed by atoms with Crippen molar-refractivity contribution < 1.29 is 0 Å². The molecular formula is C10H13ClS. The number of hydrogen-bond acceptors (Lipinski definition) is 1. The summed E-state index contributed by atoms with van der Waals surface area (Å²) in [6.07, 6.45) is 5.02. The van der Waals surface area contributed by atoms with Gasteiger partial charge in [0.1, 0.15) is 0 Å². The van der Waals surface area contributed by atoms with Crippen molar-refractivity contribution in [3.8, 4) is 0 Å². The van der Waals surface area contributed by atoms with E-state index in [4.69, 9.17) is 11.6 Å². The largest absolute Gasteiger partial charge is 0.152 e. The van der Waals surface area contributed by atoms with Crippen molar-refractivity contribution in [1.29, 1.82) is 0 Å². The summed E-state index contributed by atoms with van der Waals surface area (Å²) in [6.45, 7) is 0. The van der Waals surface area contributed by atoms with Crippen LogP contribution in [0, 0.1) is 0 Å². The third kappa shape index (κ3) is 1.83. The van der Waals surface area contributed by atoms with E-state index in [1.54, 1.807) is 11.3 Å². The minimum atomic E-state index is 0.420. The Morgan fingerprint density at radius 3 is 3.00 bits per heavy atom. The van der Waals surface area contributed by atoms with Crippen molar-refractivity contribution in [3.63, 3.8) is 0 Å². The Bertz CT molecular complexity index is 230. The first-order valence-electron chi connectivity index (χ1n) is 4.52. The van der Waals surface area contributed by atoms with E-state index in [0.717, 1.165) is 5.92 Å². The van der Waals surface area contributed by atoms with Crippen molar-refractivity contribution in [3.05, 3.63) is 22.4 Å². The fourth-order valence-electron chi connectivity index (χ4n) is 1.94. The molecule has 2 rings (SSSR count). The average molecular weight is 201 g/mol. The maximum atomic E-state index is 6.13. The Hall–Kier alpha value is -0.0100. The molecule has 0 radical (unpaired) electrons. The molecule has 12 heavy (non-hydrogen) atoms. The Kier molecular flexibility index (Phi) is 2.72. The molecule has 2 heteroatoms. The smallest absolute Gasteiger partial charge is 0.0341 e. The van der Waals surface area contributed by atoms with E-state index in [1.165, 1.54) is 31.2 Å². The fourth-order valence-corrected chi connectivity index (χ4v) is 3.05. The Morgan fingerprint density at radius 1 is 1.42 bits per heavy atom. The zero-order valence-corrected chi connectivity index (χ0v) is 8.57. The quantitative estimate of drug-likeness (QED) is 0.601. The predicted molar refractivity (Wildman–Crippen MR) is 55.2 cm³/mol. The lowest BCUT2D eigenvalue weighted by Crippen LogP contribution is -2.13. The standard InChI is InChI=1S/C10H13ClS/c11-10-3-1-2-8(6-10)9-4-5-12-7-9/h4-5,7-8,10H,1-3,6H2. The van der Waals surface area contributed by atoms with Gasteiger partial charge >= 0.3 is 0 Å². The molecule has 0 spiro atoms. The van der Waals surface area contributed by atoms with Crippen LogP contribution in [0.4, 0.5) is 0 Å². The van der Waals surface area contributed by atoms with Crippen LogP contribution < -0.4 is 0 Å². The van der Waals surface area contributed by atoms with Crippen LogP contribution in [-0.2, 0) is 0 Å². The van der Waals surface area contributed by atoms with Gasteiger partial charge in [0.2, 0.25) is 0 Å². The third-order valence-electron chi connectivity index (χ3n) is 2.62. The predicted octanol–water partition coefficient (Wildman–Crippen LogP) is 4.01. The normalized spacial score (nSPS) is 30.4. The van der Waals surface area contributed by atoms with Crippen LogP contribution in [-0.4, -0.2) is 5.38 Å². The molecule has 2 unspecified atom stereocenters. The molecule has 1 aromatic heterocycles. The first kappa shape index (κ1) is 8.58. The van der Waals surface area contributed by atoms with Crippen molar-refractivity contribution in [2.75, 3.05) is 0 Å². The lowest BCUT2D eigenvalue weighted by atomic mass is 9.85. The van der Waals surface area contributed by atoms with Crippen LogP contribution in [0.3, 0.4) is 0 Å². The zero-order valence-electron chi connectivity index (χ0n) is 7.00. The topological polar surface area (TPSA) is 0 Å². The summed E-state index contributed by atoms with van der Waals surface area (Å²) >= 11 is 7.92. The van der Waals surface area contributed by atoms with Crippen LogP contribution >= 0.6 is 22.9 Å². The molecule has 1 aliphatic carbocycles. The molecule has 1 aliphatic rings. The van der Waals surface area contributed by atoms with E-state index in [-0.39, 0.29) is 0 Å². The number of alkyl halides is 1. The van der Waals surface area contributed by atoms with Gasteiger partial charge in [-0.1, -0.05) is 6.42 Å². The summed E-state index contributed by atoms with van der Waals surface area (Å²) in [6, 6.07) is 2.24. The lowest BCUT2D eigenvalue weighted by Gasteiger charge is -2.24. The highest BCUT2D eigenvalue weighted by atomic mass is 35.5. The van der Waals surface area contributed by atoms with E-state index >= 15 is 0 Å². The molecule has 1 fully saturated rings. The Morgan fingerprint density at radius 2 is 2.33 bits per heavy atom. The molecule has 0 amide bonds. The van der Waals surface area contributed by atoms with Crippen LogP contribution in [0.25, 0.3) is 0 Å². The van der Waals surface area contributed by atoms with E-state index in [0.29, 0.717) is 5.38 Å². The van der Waals surface area contributed by atoms with Gasteiger partial charge in [-0.15, -0.1) is 11.6 Å². The summed E-state index contributed by atoms with van der Waals surface area (Å²) in [4.78, 5) is 0. The van der Waals surface area contributed by atoms with Gasteiger partial charge in [0, 0.05) is 5.38 Å². The van der Waals surface area contributed by atoms with Crippen molar-refractivity contribution in [2.24, 2.45) is 0 Å². The number of rotatable bonds is 1. The maximum absolute atomic E-state index is 6.13. The van der Waals surface area contributed by atoms with Gasteiger partial charge in [-0.05, 0) is 47.6 Å². The third-order valence-corrected chi connectivity index (χ3v) is 3.72. The summed E-state index contributed by atoms with van der Waals surface area (Å²) in [7, 11) is 0. The second-order valence-corrected chi connectivity index (χ2v) is 4.91. The highest BCUT2D eigenvalue weighted by Gasteiger charge is 2.21. The lowest BCUT2D eigenvalue weighted by molar-refractivity contribution is 0.450. The van der Waals surface area contributed by atoms with Gasteiger partial charge in [-0.2, -0.15) is 11.3 Å². The number of halogens is 1. The molecule has 66 valence electrons. The van der Waals surface area contributed by atoms with E-state index in [9.17, 15) is 0 Å². The van der Waals surface area contributed by atoms with Crippen molar-refractivity contribution in [2.45, 2.75) is 37.0 Å². The minimum absolute atomic E-state index is 0.420. The average Bonchev–Trinajstić information content (AvgIpc) is 2.56. The Labute approximate surface area is 82.6 Å². The van der Waals surface area contributed by atoms with Crippen LogP contribution in [0.5, 0.6) is 0 Å². The SMILES string of the molecule is ClC1CCCC(c2ccsc2)C1. The number of thiophene rings is 1. The molecule has 0 nitrogen and oxygen atoms in total. The molecule has 0 saturated heterocycles. The van der Waals surface area contributed by atoms with E-state index in [2.05, 4.69) is 16.8 Å². The molecule has 1 heterocycles. The van der Waals surface area contributed by atoms with Crippen LogP contribution in [0.1, 0.15) is 37.2 Å². The second kappa shape index (κ2) is 3.80. The molecule has 0 N–H and O–H groups in total. The molecule has 0 aromatic carbocycles. The monoisotopic (exact) mass is 200 g/mol. The van der Waals surface area contributed by atoms with Gasteiger partial charge < -0.3 is 0 Å². The summed E-state index contributed by atoms with van der Waals surface area (Å²) in [5.74, 6) is 0.743. The molecular weight excluding hydrogens is 188 g/mol. The number of hydrogen-bond donors (Lipinski definition) is 0. The van der Waals surface area contributed by atoms with Gasteiger partial charge in [0.15, 0.2) is 0 Å². The second-order valence-electron chi connectivity index (χ2n) is 3.52. The molecule has 2 atom stereocenters. The maximum Gasteiger partial charge on any atom is 0.0341 e. The highest BCUT2D eigenvalue weighted by molar-refractivity contribution is 7.07. The van der Waals surface area contributed by atoms with Crippen molar-refractivity contribution in [1.82, 2.24) is 0 Å². The first-order valence-corrected chi connectivity index (χ1v) is 5.90. The molecule has 0 aliphatic heterocycles. The Balaban J connectivity index is 2.04. The highest BCUT2D eigenvalue weighted by Crippen LogP contribution is 2.35. The molecule has 0 bridgehead atoms. The van der Waals surface area contributed by atoms with E-state index in [1.807, 2.05) is 0 Å². The van der Waals surface area contributed by atoms with Gasteiger partial charge in [0.05, 0.1) is 0 Å². The van der Waals surface area contributed by atoms with Gasteiger partial charge in [-0.3, -0.25) is 0 Å². The molecule has 1 aromatic rings. The van der Waals surface area contributed by atoms with Gasteiger partial charge in [0.25, 0.3) is 0 Å². The van der Waals surface area contributed by atoms with Crippen LogP contribution in [0.2, 0.25) is 0 Å². The summed E-state index contributed by atoms with van der Waals surface area (Å²) in [5.41, 5.74) is 1.50. The van der Waals surface area contributed by atoms with Crippen molar-refractivity contribution >= 4 is 22.9 Å². The van der Waals surface area contributed by atoms with Crippen LogP contribution in [0.15, 0.2) is 16.8 Å². The fraction of sp³-hybridized carbons (Fsp3) is 0.600. The van der Waals surface area contributed by atoms with E-state index < -0.39 is 0 Å². The van der Waals surface area contributed by atoms with Gasteiger partial charge in [-0.25, -0.2) is 0 Å².